The molecule has 0 spiro atoms. The molecule has 0 aromatic carbocycles. The zero-order valence-corrected chi connectivity index (χ0v) is 13.3. The molecule has 20 heavy (non-hydrogen) atoms. The maximum Gasteiger partial charge on any atom is 0.226 e. The number of carbonyl (C=O) groups excluding carboxylic acids is 1. The summed E-state index contributed by atoms with van der Waals surface area (Å²) < 4.78 is 0. The van der Waals surface area contributed by atoms with Gasteiger partial charge in [0.05, 0.1) is 0 Å². The minimum absolute atomic E-state index is 0.0880. The second-order valence-corrected chi connectivity index (χ2v) is 6.17. The predicted molar refractivity (Wildman–Crippen MR) is 83.4 cm³/mol. The Bertz CT molecular complexity index is 465. The minimum atomic E-state index is 0.0880. The SMILES string of the molecule is CSC[C@H](C)C(=O)N1CCN(c2cc(Cl)ncn2)CC1. The van der Waals surface area contributed by atoms with Gasteiger partial charge in [0.15, 0.2) is 0 Å². The fourth-order valence-corrected chi connectivity index (χ4v) is 3.07. The van der Waals surface area contributed by atoms with E-state index in [0.29, 0.717) is 5.15 Å². The first-order chi connectivity index (χ1) is 9.61. The Morgan fingerprint density at radius 3 is 2.70 bits per heavy atom. The largest absolute Gasteiger partial charge is 0.353 e. The first-order valence-corrected chi connectivity index (χ1v) is 8.39. The van der Waals surface area contributed by atoms with E-state index >= 15 is 0 Å². The molecule has 1 aliphatic heterocycles. The highest BCUT2D eigenvalue weighted by atomic mass is 35.5. The Kier molecular flexibility index (Phi) is 5.48. The average Bonchev–Trinajstić information content (AvgIpc) is 2.47. The van der Waals surface area contributed by atoms with E-state index in [4.69, 9.17) is 11.6 Å². The van der Waals surface area contributed by atoms with Crippen LogP contribution < -0.4 is 4.90 Å². The van der Waals surface area contributed by atoms with E-state index in [1.54, 1.807) is 17.8 Å². The lowest BCUT2D eigenvalue weighted by Crippen LogP contribution is -2.50. The fourth-order valence-electron chi connectivity index (χ4n) is 2.29. The lowest BCUT2D eigenvalue weighted by atomic mass is 10.1. The van der Waals surface area contributed by atoms with Crippen LogP contribution in [0.1, 0.15) is 6.92 Å². The van der Waals surface area contributed by atoms with E-state index in [0.717, 1.165) is 37.7 Å². The summed E-state index contributed by atoms with van der Waals surface area (Å²) in [6.45, 7) is 5.03. The monoisotopic (exact) mass is 314 g/mol. The van der Waals surface area contributed by atoms with E-state index < -0.39 is 0 Å². The van der Waals surface area contributed by atoms with Gasteiger partial charge in [-0.05, 0) is 6.26 Å². The number of hydrogen-bond donors (Lipinski definition) is 0. The van der Waals surface area contributed by atoms with Crippen molar-refractivity contribution < 1.29 is 4.79 Å². The molecule has 2 heterocycles. The highest BCUT2D eigenvalue weighted by molar-refractivity contribution is 7.98. The van der Waals surface area contributed by atoms with Crippen LogP contribution in [0.4, 0.5) is 5.82 Å². The van der Waals surface area contributed by atoms with Gasteiger partial charge in [0, 0.05) is 43.9 Å². The third kappa shape index (κ3) is 3.76. The van der Waals surface area contributed by atoms with Gasteiger partial charge in [0.25, 0.3) is 0 Å². The lowest BCUT2D eigenvalue weighted by Gasteiger charge is -2.36. The number of thioether (sulfide) groups is 1. The number of anilines is 1. The molecule has 7 heteroatoms. The summed E-state index contributed by atoms with van der Waals surface area (Å²) in [5.74, 6) is 2.04. The van der Waals surface area contributed by atoms with Crippen LogP contribution in [0.5, 0.6) is 0 Å². The third-order valence-electron chi connectivity index (χ3n) is 3.37. The summed E-state index contributed by atoms with van der Waals surface area (Å²) in [5.41, 5.74) is 0. The third-order valence-corrected chi connectivity index (χ3v) is 4.41. The van der Waals surface area contributed by atoms with Crippen molar-refractivity contribution in [3.05, 3.63) is 17.5 Å². The molecule has 1 amide bonds. The number of nitrogens with zero attached hydrogens (tertiary/aromatic N) is 4. The molecular formula is C13H19ClN4OS. The molecule has 0 aliphatic carbocycles. The highest BCUT2D eigenvalue weighted by Crippen LogP contribution is 2.17. The van der Waals surface area contributed by atoms with Crippen LogP contribution in [0.25, 0.3) is 0 Å². The normalized spacial score (nSPS) is 17.1. The topological polar surface area (TPSA) is 49.3 Å². The van der Waals surface area contributed by atoms with Crippen molar-refractivity contribution in [3.63, 3.8) is 0 Å². The zero-order chi connectivity index (χ0) is 14.5. The minimum Gasteiger partial charge on any atom is -0.353 e. The van der Waals surface area contributed by atoms with Crippen LogP contribution in [0.2, 0.25) is 5.15 Å². The van der Waals surface area contributed by atoms with Crippen LogP contribution in [-0.2, 0) is 4.79 Å². The van der Waals surface area contributed by atoms with Crippen LogP contribution in [0.15, 0.2) is 12.4 Å². The van der Waals surface area contributed by atoms with E-state index in [1.807, 2.05) is 18.1 Å². The van der Waals surface area contributed by atoms with Gasteiger partial charge in [-0.15, -0.1) is 0 Å². The van der Waals surface area contributed by atoms with E-state index in [9.17, 15) is 4.79 Å². The summed E-state index contributed by atoms with van der Waals surface area (Å²) >= 11 is 7.59. The standard InChI is InChI=1S/C13H19ClN4OS/c1-10(8-20-2)13(19)18-5-3-17(4-6-18)12-7-11(14)15-9-16-12/h7,9-10H,3-6,8H2,1-2H3/t10-/m0/s1. The quantitative estimate of drug-likeness (QED) is 0.793. The molecule has 1 aliphatic rings. The summed E-state index contributed by atoms with van der Waals surface area (Å²) in [6.07, 6.45) is 3.50. The number of carbonyl (C=O) groups is 1. The van der Waals surface area contributed by atoms with Gasteiger partial charge >= 0.3 is 0 Å². The van der Waals surface area contributed by atoms with Crippen molar-refractivity contribution in [2.75, 3.05) is 43.1 Å². The molecule has 1 aromatic heterocycles. The zero-order valence-electron chi connectivity index (χ0n) is 11.8. The molecule has 5 nitrogen and oxygen atoms in total. The number of piperazine rings is 1. The first-order valence-electron chi connectivity index (χ1n) is 6.62. The summed E-state index contributed by atoms with van der Waals surface area (Å²) in [4.78, 5) is 24.4. The summed E-state index contributed by atoms with van der Waals surface area (Å²) in [7, 11) is 0. The molecule has 1 aromatic rings. The second kappa shape index (κ2) is 7.13. The molecule has 1 saturated heterocycles. The Balaban J connectivity index is 1.91. The molecule has 1 atom stereocenters. The van der Waals surface area contributed by atoms with Crippen LogP contribution >= 0.6 is 23.4 Å². The van der Waals surface area contributed by atoms with Crippen molar-refractivity contribution in [1.82, 2.24) is 14.9 Å². The number of rotatable bonds is 4. The fraction of sp³-hybridized carbons (Fsp3) is 0.615. The van der Waals surface area contributed by atoms with Crippen molar-refractivity contribution in [1.29, 1.82) is 0 Å². The first kappa shape index (κ1) is 15.4. The summed E-state index contributed by atoms with van der Waals surface area (Å²) in [6, 6.07) is 1.76. The van der Waals surface area contributed by atoms with Gasteiger partial charge in [-0.3, -0.25) is 4.79 Å². The van der Waals surface area contributed by atoms with Crippen molar-refractivity contribution in [2.24, 2.45) is 5.92 Å². The summed E-state index contributed by atoms with van der Waals surface area (Å²) in [5, 5.41) is 0.446. The molecule has 0 radical (unpaired) electrons. The van der Waals surface area contributed by atoms with Crippen LogP contribution in [0, 0.1) is 5.92 Å². The van der Waals surface area contributed by atoms with Crippen molar-refractivity contribution >= 4 is 35.1 Å². The Morgan fingerprint density at radius 1 is 1.40 bits per heavy atom. The molecule has 0 N–H and O–H groups in total. The Morgan fingerprint density at radius 2 is 2.10 bits per heavy atom. The average molecular weight is 315 g/mol. The smallest absolute Gasteiger partial charge is 0.226 e. The Hall–Kier alpha value is -1.01. The van der Waals surface area contributed by atoms with Gasteiger partial charge in [0.1, 0.15) is 17.3 Å². The lowest BCUT2D eigenvalue weighted by molar-refractivity contribution is -0.134. The molecule has 0 unspecified atom stereocenters. The van der Waals surface area contributed by atoms with Gasteiger partial charge in [-0.1, -0.05) is 18.5 Å². The van der Waals surface area contributed by atoms with Gasteiger partial charge in [-0.25, -0.2) is 9.97 Å². The van der Waals surface area contributed by atoms with E-state index in [1.165, 1.54) is 6.33 Å². The predicted octanol–water partition coefficient (Wildman–Crippen LogP) is 1.78. The van der Waals surface area contributed by atoms with Gasteiger partial charge in [0.2, 0.25) is 5.91 Å². The maximum atomic E-state index is 12.2. The molecule has 0 saturated carbocycles. The number of amides is 1. The highest BCUT2D eigenvalue weighted by Gasteiger charge is 2.25. The number of halogens is 1. The number of hydrogen-bond acceptors (Lipinski definition) is 5. The maximum absolute atomic E-state index is 12.2. The molecule has 110 valence electrons. The second-order valence-electron chi connectivity index (χ2n) is 4.87. The molecule has 1 fully saturated rings. The molecule has 2 rings (SSSR count). The molecular weight excluding hydrogens is 296 g/mol. The van der Waals surface area contributed by atoms with E-state index in [2.05, 4.69) is 14.9 Å². The van der Waals surface area contributed by atoms with Crippen molar-refractivity contribution in [3.8, 4) is 0 Å². The Labute approximate surface area is 128 Å². The molecule has 0 bridgehead atoms. The van der Waals surface area contributed by atoms with Gasteiger partial charge in [-0.2, -0.15) is 11.8 Å². The van der Waals surface area contributed by atoms with Gasteiger partial charge < -0.3 is 9.80 Å². The van der Waals surface area contributed by atoms with Crippen molar-refractivity contribution in [2.45, 2.75) is 6.92 Å². The van der Waals surface area contributed by atoms with E-state index in [-0.39, 0.29) is 11.8 Å². The van der Waals surface area contributed by atoms with Crippen LogP contribution in [-0.4, -0.2) is 59.0 Å². The van der Waals surface area contributed by atoms with Crippen LogP contribution in [0.3, 0.4) is 0 Å². The number of aromatic nitrogens is 2.